The van der Waals surface area contributed by atoms with Crippen LogP contribution in [0.25, 0.3) is 0 Å². The van der Waals surface area contributed by atoms with Gasteiger partial charge in [0.25, 0.3) is 0 Å². The van der Waals surface area contributed by atoms with E-state index in [0.717, 1.165) is 0 Å². The minimum absolute atomic E-state index is 0.240. The van der Waals surface area contributed by atoms with Crippen LogP contribution in [0.15, 0.2) is 12.7 Å². The first-order valence-corrected chi connectivity index (χ1v) is 3.81. The molecule has 0 bridgehead atoms. The van der Waals surface area contributed by atoms with Crippen LogP contribution in [0, 0.1) is 0 Å². The van der Waals surface area contributed by atoms with Crippen molar-refractivity contribution in [1.82, 2.24) is 0 Å². The molecule has 0 spiro atoms. The molecular formula is C9H14O2. The van der Waals surface area contributed by atoms with E-state index in [4.69, 9.17) is 0 Å². The van der Waals surface area contributed by atoms with Gasteiger partial charge in [-0.2, -0.15) is 0 Å². The van der Waals surface area contributed by atoms with E-state index in [0.29, 0.717) is 25.7 Å². The lowest BCUT2D eigenvalue weighted by molar-refractivity contribution is -0.128. The smallest absolute Gasteiger partial charge is 0.133 e. The summed E-state index contributed by atoms with van der Waals surface area (Å²) in [4.78, 5) is 20.9. The van der Waals surface area contributed by atoms with Gasteiger partial charge in [-0.3, -0.25) is 9.59 Å². The second-order valence-corrected chi connectivity index (χ2v) is 2.49. The molecule has 1 saturated carbocycles. The van der Waals surface area contributed by atoms with Gasteiger partial charge in [0.05, 0.1) is 0 Å². The molecule has 11 heavy (non-hydrogen) atoms. The van der Waals surface area contributed by atoms with E-state index in [-0.39, 0.29) is 11.6 Å². The van der Waals surface area contributed by atoms with Crippen LogP contribution in [0.1, 0.15) is 32.6 Å². The average molecular weight is 154 g/mol. The van der Waals surface area contributed by atoms with Gasteiger partial charge in [-0.15, -0.1) is 6.58 Å². The van der Waals surface area contributed by atoms with Crippen molar-refractivity contribution in [3.8, 4) is 0 Å². The number of ketones is 2. The second-order valence-electron chi connectivity index (χ2n) is 2.49. The topological polar surface area (TPSA) is 34.1 Å². The van der Waals surface area contributed by atoms with Crippen LogP contribution in [0.2, 0.25) is 0 Å². The molecule has 1 aliphatic rings. The van der Waals surface area contributed by atoms with E-state index in [1.807, 2.05) is 6.92 Å². The molecule has 0 aliphatic heterocycles. The quantitative estimate of drug-likeness (QED) is 0.499. The molecule has 2 nitrogen and oxygen atoms in total. The van der Waals surface area contributed by atoms with Crippen LogP contribution in [0.4, 0.5) is 0 Å². The summed E-state index contributed by atoms with van der Waals surface area (Å²) >= 11 is 0. The maximum atomic E-state index is 10.5. The maximum Gasteiger partial charge on any atom is 0.133 e. The summed E-state index contributed by atoms with van der Waals surface area (Å²) in [6, 6.07) is 0. The van der Waals surface area contributed by atoms with Crippen LogP contribution in [0.5, 0.6) is 0 Å². The van der Waals surface area contributed by atoms with Crippen LogP contribution in [-0.2, 0) is 9.59 Å². The summed E-state index contributed by atoms with van der Waals surface area (Å²) in [5.41, 5.74) is 0. The first-order chi connectivity index (χ1) is 5.20. The fourth-order valence-corrected chi connectivity index (χ4v) is 0.808. The zero-order valence-electron chi connectivity index (χ0n) is 6.93. The molecule has 1 fully saturated rings. The zero-order valence-corrected chi connectivity index (χ0v) is 6.93. The van der Waals surface area contributed by atoms with Crippen molar-refractivity contribution >= 4 is 11.6 Å². The Hall–Kier alpha value is -0.920. The summed E-state index contributed by atoms with van der Waals surface area (Å²) in [6.45, 7) is 5.25. The van der Waals surface area contributed by atoms with Crippen molar-refractivity contribution in [2.75, 3.05) is 0 Å². The van der Waals surface area contributed by atoms with Crippen molar-refractivity contribution in [3.63, 3.8) is 0 Å². The van der Waals surface area contributed by atoms with Crippen LogP contribution in [0.3, 0.4) is 0 Å². The molecule has 0 aromatic carbocycles. The van der Waals surface area contributed by atoms with E-state index in [2.05, 4.69) is 6.58 Å². The van der Waals surface area contributed by atoms with Crippen molar-refractivity contribution in [2.24, 2.45) is 0 Å². The predicted octanol–water partition coefficient (Wildman–Crippen LogP) is 1.89. The number of Topliss-reactive ketones (excluding diaryl/α,β-unsaturated/α-hetero) is 2. The molecule has 0 atom stereocenters. The molecule has 2 heteroatoms. The zero-order chi connectivity index (χ0) is 8.69. The van der Waals surface area contributed by atoms with Gasteiger partial charge in [-0.05, 0) is 6.92 Å². The average Bonchev–Trinajstić information content (AvgIpc) is 1.97. The fraction of sp³-hybridized carbons (Fsp3) is 0.556. The molecule has 0 aromatic rings. The van der Waals surface area contributed by atoms with Crippen molar-refractivity contribution in [3.05, 3.63) is 12.7 Å². The third-order valence-electron chi connectivity index (χ3n) is 1.37. The second kappa shape index (κ2) is 5.83. The lowest BCUT2D eigenvalue weighted by atomic mass is 9.98. The van der Waals surface area contributed by atoms with Gasteiger partial charge >= 0.3 is 0 Å². The normalized spacial score (nSPS) is 16.8. The molecule has 1 rings (SSSR count). The molecule has 1 aliphatic carbocycles. The monoisotopic (exact) mass is 154 g/mol. The summed E-state index contributed by atoms with van der Waals surface area (Å²) < 4.78 is 0. The Bertz CT molecular complexity index is 131. The highest BCUT2D eigenvalue weighted by molar-refractivity contribution is 5.92. The highest BCUT2D eigenvalue weighted by Gasteiger charge is 2.13. The molecule has 0 amide bonds. The highest BCUT2D eigenvalue weighted by atomic mass is 16.1. The van der Waals surface area contributed by atoms with Crippen LogP contribution in [-0.4, -0.2) is 11.6 Å². The number of hydrogen-bond donors (Lipinski definition) is 0. The van der Waals surface area contributed by atoms with E-state index in [1.54, 1.807) is 6.08 Å². The molecule has 0 N–H and O–H groups in total. The number of carbonyl (C=O) groups excluding carboxylic acids is 2. The van der Waals surface area contributed by atoms with E-state index in [1.165, 1.54) is 0 Å². The lowest BCUT2D eigenvalue weighted by Crippen LogP contribution is -2.12. The van der Waals surface area contributed by atoms with E-state index >= 15 is 0 Å². The molecule has 0 saturated heterocycles. The Balaban J connectivity index is 0.000000292. The largest absolute Gasteiger partial charge is 0.300 e. The Morgan fingerprint density at radius 2 is 1.27 bits per heavy atom. The van der Waals surface area contributed by atoms with Crippen molar-refractivity contribution in [2.45, 2.75) is 32.6 Å². The van der Waals surface area contributed by atoms with Crippen LogP contribution < -0.4 is 0 Å². The number of hydrogen-bond acceptors (Lipinski definition) is 2. The summed E-state index contributed by atoms with van der Waals surface area (Å²) in [7, 11) is 0. The summed E-state index contributed by atoms with van der Waals surface area (Å²) in [6.07, 6.45) is 3.69. The molecule has 0 aromatic heterocycles. The number of rotatable bonds is 0. The first kappa shape index (κ1) is 10.1. The van der Waals surface area contributed by atoms with Gasteiger partial charge in [0.1, 0.15) is 11.6 Å². The van der Waals surface area contributed by atoms with Crippen molar-refractivity contribution < 1.29 is 9.59 Å². The van der Waals surface area contributed by atoms with Gasteiger partial charge in [-0.1, -0.05) is 6.08 Å². The molecular weight excluding hydrogens is 140 g/mol. The van der Waals surface area contributed by atoms with Gasteiger partial charge in [0.15, 0.2) is 0 Å². The Morgan fingerprint density at radius 1 is 1.09 bits per heavy atom. The number of allylic oxidation sites excluding steroid dienone is 1. The number of carbonyl (C=O) groups is 2. The molecule has 0 unspecified atom stereocenters. The highest BCUT2D eigenvalue weighted by Crippen LogP contribution is 2.08. The van der Waals surface area contributed by atoms with Gasteiger partial charge < -0.3 is 0 Å². The Kier molecular flexibility index (Phi) is 5.35. The third kappa shape index (κ3) is 5.52. The van der Waals surface area contributed by atoms with Gasteiger partial charge in [0, 0.05) is 25.7 Å². The molecule has 62 valence electrons. The standard InChI is InChI=1S/C6H8O2.C3H6/c7-5-1-2-6(8)4-3-5;1-3-2/h1-4H2;3H,1H2,2H3. The summed E-state index contributed by atoms with van der Waals surface area (Å²) in [5.74, 6) is 0.481. The van der Waals surface area contributed by atoms with Crippen LogP contribution >= 0.6 is 0 Å². The van der Waals surface area contributed by atoms with E-state index in [9.17, 15) is 9.59 Å². The molecule has 0 radical (unpaired) electrons. The minimum atomic E-state index is 0.240. The molecule has 0 heterocycles. The van der Waals surface area contributed by atoms with E-state index < -0.39 is 0 Å². The van der Waals surface area contributed by atoms with Gasteiger partial charge in [0.2, 0.25) is 0 Å². The third-order valence-corrected chi connectivity index (χ3v) is 1.37. The SMILES string of the molecule is C=CC.O=C1CCC(=O)CC1. The fourth-order valence-electron chi connectivity index (χ4n) is 0.808. The maximum absolute atomic E-state index is 10.5. The lowest BCUT2D eigenvalue weighted by Gasteiger charge is -2.04. The predicted molar refractivity (Wildman–Crippen MR) is 44.4 cm³/mol. The summed E-state index contributed by atoms with van der Waals surface area (Å²) in [5, 5.41) is 0. The first-order valence-electron chi connectivity index (χ1n) is 3.81. The van der Waals surface area contributed by atoms with Gasteiger partial charge in [-0.25, -0.2) is 0 Å². The van der Waals surface area contributed by atoms with Crippen molar-refractivity contribution in [1.29, 1.82) is 0 Å². The Labute approximate surface area is 67.3 Å². The minimum Gasteiger partial charge on any atom is -0.300 e. The Morgan fingerprint density at radius 3 is 1.45 bits per heavy atom.